The maximum absolute atomic E-state index is 12.2. The highest BCUT2D eigenvalue weighted by Crippen LogP contribution is 2.27. The number of aliphatic carboxylic acids is 1. The lowest BCUT2D eigenvalue weighted by Gasteiger charge is -2.34. The number of halogens is 2. The zero-order chi connectivity index (χ0) is 16.2. The van der Waals surface area contributed by atoms with Gasteiger partial charge in [-0.3, -0.25) is 4.79 Å². The largest absolute Gasteiger partial charge is 0.482 e. The van der Waals surface area contributed by atoms with Crippen LogP contribution >= 0.6 is 23.2 Å². The van der Waals surface area contributed by atoms with E-state index in [9.17, 15) is 14.7 Å². The van der Waals surface area contributed by atoms with Crippen LogP contribution in [0.15, 0.2) is 18.2 Å². The van der Waals surface area contributed by atoms with Gasteiger partial charge in [0, 0.05) is 17.6 Å². The molecule has 0 aliphatic carbocycles. The summed E-state index contributed by atoms with van der Waals surface area (Å²) >= 11 is 11.8. The predicted octanol–water partition coefficient (Wildman–Crippen LogP) is 3.08. The van der Waals surface area contributed by atoms with Crippen LogP contribution in [0.2, 0.25) is 10.0 Å². The summed E-state index contributed by atoms with van der Waals surface area (Å²) in [5.41, 5.74) is -1.31. The smallest absolute Gasteiger partial charge is 0.329 e. The highest BCUT2D eigenvalue weighted by atomic mass is 35.5. The molecule has 0 aliphatic rings. The number of carbonyl (C=O) groups excluding carboxylic acids is 1. The molecule has 21 heavy (non-hydrogen) atoms. The van der Waals surface area contributed by atoms with Gasteiger partial charge in [-0.05, 0) is 32.9 Å². The Kier molecular flexibility index (Phi) is 5.87. The van der Waals surface area contributed by atoms with Crippen LogP contribution < -0.4 is 4.74 Å². The standard InChI is InChI=1S/C14H17Cl2NO4/c1-4-17(14(2,3)13(19)20)12(18)8-21-11-7-9(15)5-6-10(11)16/h5-7H,4,8H2,1-3H3,(H,19,20). The zero-order valence-corrected chi connectivity index (χ0v) is 13.5. The number of hydrogen-bond acceptors (Lipinski definition) is 3. The maximum Gasteiger partial charge on any atom is 0.329 e. The van der Waals surface area contributed by atoms with Crippen LogP contribution in [-0.4, -0.2) is 40.6 Å². The molecule has 1 aromatic rings. The summed E-state index contributed by atoms with van der Waals surface area (Å²) in [5.74, 6) is -1.25. The minimum absolute atomic E-state index is 0.255. The van der Waals surface area contributed by atoms with Crippen LogP contribution in [0.1, 0.15) is 20.8 Å². The molecule has 1 aromatic carbocycles. The average Bonchev–Trinajstić information content (AvgIpc) is 2.40. The van der Waals surface area contributed by atoms with Crippen LogP contribution in [0, 0.1) is 0 Å². The maximum atomic E-state index is 12.2. The Balaban J connectivity index is 2.80. The molecular formula is C14H17Cl2NO4. The molecule has 116 valence electrons. The quantitative estimate of drug-likeness (QED) is 0.868. The van der Waals surface area contributed by atoms with Crippen LogP contribution in [0.5, 0.6) is 5.75 Å². The van der Waals surface area contributed by atoms with Crippen molar-refractivity contribution >= 4 is 35.1 Å². The van der Waals surface area contributed by atoms with Gasteiger partial charge >= 0.3 is 5.97 Å². The summed E-state index contributed by atoms with van der Waals surface area (Å²) in [7, 11) is 0. The van der Waals surface area contributed by atoms with Gasteiger partial charge in [0.25, 0.3) is 5.91 Å². The van der Waals surface area contributed by atoms with E-state index < -0.39 is 17.4 Å². The first-order chi connectivity index (χ1) is 9.70. The Morgan fingerprint density at radius 3 is 2.48 bits per heavy atom. The van der Waals surface area contributed by atoms with Gasteiger partial charge < -0.3 is 14.7 Å². The van der Waals surface area contributed by atoms with E-state index in [-0.39, 0.29) is 18.9 Å². The van der Waals surface area contributed by atoms with E-state index in [0.29, 0.717) is 10.0 Å². The first-order valence-corrected chi connectivity index (χ1v) is 7.07. The third kappa shape index (κ3) is 4.25. The predicted molar refractivity (Wildman–Crippen MR) is 81.1 cm³/mol. The molecule has 0 aromatic heterocycles. The molecule has 5 nitrogen and oxygen atoms in total. The number of carboxylic acids is 1. The van der Waals surface area contributed by atoms with E-state index in [1.54, 1.807) is 19.1 Å². The molecule has 0 unspecified atom stereocenters. The minimum atomic E-state index is -1.31. The Morgan fingerprint density at radius 1 is 1.33 bits per heavy atom. The molecule has 0 fully saturated rings. The van der Waals surface area contributed by atoms with Crippen molar-refractivity contribution in [2.75, 3.05) is 13.2 Å². The molecule has 0 saturated carbocycles. The lowest BCUT2D eigenvalue weighted by molar-refractivity contribution is -0.157. The molecule has 1 amide bonds. The SMILES string of the molecule is CCN(C(=O)COc1cc(Cl)ccc1Cl)C(C)(C)C(=O)O. The Hall–Kier alpha value is -1.46. The molecule has 7 heteroatoms. The number of ether oxygens (including phenoxy) is 1. The van der Waals surface area contributed by atoms with E-state index in [1.165, 1.54) is 24.8 Å². The third-order valence-electron chi connectivity index (χ3n) is 3.06. The van der Waals surface area contributed by atoms with E-state index in [1.807, 2.05) is 0 Å². The monoisotopic (exact) mass is 333 g/mol. The second kappa shape index (κ2) is 7.00. The van der Waals surface area contributed by atoms with Gasteiger partial charge in [-0.25, -0.2) is 4.79 Å². The number of nitrogens with zero attached hydrogens (tertiary/aromatic N) is 1. The second-order valence-corrected chi connectivity index (χ2v) is 5.71. The van der Waals surface area contributed by atoms with Crippen molar-refractivity contribution < 1.29 is 19.4 Å². The highest BCUT2D eigenvalue weighted by Gasteiger charge is 2.36. The number of benzene rings is 1. The average molecular weight is 334 g/mol. The number of likely N-dealkylation sites (N-methyl/N-ethyl adjacent to an activating group) is 1. The molecule has 0 spiro atoms. The molecule has 0 heterocycles. The molecule has 0 saturated heterocycles. The third-order valence-corrected chi connectivity index (χ3v) is 3.61. The molecule has 0 radical (unpaired) electrons. The summed E-state index contributed by atoms with van der Waals surface area (Å²) < 4.78 is 5.34. The summed E-state index contributed by atoms with van der Waals surface area (Å²) in [6, 6.07) is 4.66. The fraction of sp³-hybridized carbons (Fsp3) is 0.429. The van der Waals surface area contributed by atoms with Gasteiger partial charge in [0.1, 0.15) is 11.3 Å². The zero-order valence-electron chi connectivity index (χ0n) is 12.0. The number of rotatable bonds is 6. The van der Waals surface area contributed by atoms with E-state index in [0.717, 1.165) is 0 Å². The van der Waals surface area contributed by atoms with Gasteiger partial charge in [0.2, 0.25) is 0 Å². The lowest BCUT2D eigenvalue weighted by atomic mass is 10.0. The molecule has 0 aliphatic heterocycles. The molecule has 1 N–H and O–H groups in total. The lowest BCUT2D eigenvalue weighted by Crippen LogP contribution is -2.54. The van der Waals surface area contributed by atoms with E-state index in [2.05, 4.69) is 0 Å². The number of hydrogen-bond donors (Lipinski definition) is 1. The van der Waals surface area contributed by atoms with Crippen LogP contribution in [0.4, 0.5) is 0 Å². The molecule has 0 atom stereocenters. The summed E-state index contributed by atoms with van der Waals surface area (Å²) in [5, 5.41) is 9.94. The van der Waals surface area contributed by atoms with Crippen molar-refractivity contribution in [2.45, 2.75) is 26.3 Å². The van der Waals surface area contributed by atoms with Crippen molar-refractivity contribution in [1.29, 1.82) is 0 Å². The number of amides is 1. The van der Waals surface area contributed by atoms with Crippen LogP contribution in [0.25, 0.3) is 0 Å². The number of carboxylic acid groups (broad SMARTS) is 1. The van der Waals surface area contributed by atoms with Crippen molar-refractivity contribution in [2.24, 2.45) is 0 Å². The number of carbonyl (C=O) groups is 2. The topological polar surface area (TPSA) is 66.8 Å². The first-order valence-electron chi connectivity index (χ1n) is 6.31. The molecule has 0 bridgehead atoms. The van der Waals surface area contributed by atoms with Gasteiger partial charge in [-0.1, -0.05) is 23.2 Å². The minimum Gasteiger partial charge on any atom is -0.482 e. The molecule has 1 rings (SSSR count). The highest BCUT2D eigenvalue weighted by molar-refractivity contribution is 6.34. The van der Waals surface area contributed by atoms with Crippen LogP contribution in [-0.2, 0) is 9.59 Å². The Morgan fingerprint density at radius 2 is 1.95 bits per heavy atom. The fourth-order valence-electron chi connectivity index (χ4n) is 1.80. The summed E-state index contributed by atoms with van der Waals surface area (Å²) in [6.07, 6.45) is 0. The van der Waals surface area contributed by atoms with Gasteiger partial charge in [0.15, 0.2) is 6.61 Å². The van der Waals surface area contributed by atoms with Gasteiger partial charge in [-0.15, -0.1) is 0 Å². The van der Waals surface area contributed by atoms with E-state index in [4.69, 9.17) is 27.9 Å². The van der Waals surface area contributed by atoms with Gasteiger partial charge in [-0.2, -0.15) is 0 Å². The second-order valence-electron chi connectivity index (χ2n) is 4.87. The Labute approximate surface area is 133 Å². The van der Waals surface area contributed by atoms with Crippen molar-refractivity contribution in [1.82, 2.24) is 4.90 Å². The first kappa shape index (κ1) is 17.6. The molecular weight excluding hydrogens is 317 g/mol. The summed E-state index contributed by atoms with van der Waals surface area (Å²) in [4.78, 5) is 24.6. The van der Waals surface area contributed by atoms with E-state index >= 15 is 0 Å². The van der Waals surface area contributed by atoms with Crippen molar-refractivity contribution in [3.05, 3.63) is 28.2 Å². The van der Waals surface area contributed by atoms with Crippen LogP contribution in [0.3, 0.4) is 0 Å². The van der Waals surface area contributed by atoms with Gasteiger partial charge in [0.05, 0.1) is 5.02 Å². The Bertz CT molecular complexity index is 546. The normalized spacial score (nSPS) is 11.1. The summed E-state index contributed by atoms with van der Waals surface area (Å²) in [6.45, 7) is 4.57. The fourth-order valence-corrected chi connectivity index (χ4v) is 2.14. The van der Waals surface area contributed by atoms with Crippen molar-refractivity contribution in [3.8, 4) is 5.75 Å². The van der Waals surface area contributed by atoms with Crippen molar-refractivity contribution in [3.63, 3.8) is 0 Å².